The molecule has 0 radical (unpaired) electrons. The van der Waals surface area contributed by atoms with Gasteiger partial charge in [0.05, 0.1) is 6.10 Å². The van der Waals surface area contributed by atoms with E-state index in [1.165, 1.54) is 25.7 Å². The fraction of sp³-hybridized carbons (Fsp3) is 0.769. The van der Waals surface area contributed by atoms with Crippen LogP contribution in [-0.2, 0) is 4.79 Å². The second-order valence-corrected chi connectivity index (χ2v) is 4.46. The van der Waals surface area contributed by atoms with Crippen molar-refractivity contribution in [2.24, 2.45) is 5.92 Å². The lowest BCUT2D eigenvalue weighted by molar-refractivity contribution is -0.117. The standard InChI is InChI=1S/C13H22O2/c1-2-3-4-5-6-7-8-11-9-12(14)10-13(11)15/h7-8,11,13,15H,2-6,9-10H2,1H3/b8-7+/t11-,13+/m1/s1. The van der Waals surface area contributed by atoms with Gasteiger partial charge < -0.3 is 5.11 Å². The van der Waals surface area contributed by atoms with Crippen LogP contribution in [0.4, 0.5) is 0 Å². The smallest absolute Gasteiger partial charge is 0.136 e. The number of hydrogen-bond donors (Lipinski definition) is 1. The van der Waals surface area contributed by atoms with E-state index in [4.69, 9.17) is 0 Å². The summed E-state index contributed by atoms with van der Waals surface area (Å²) < 4.78 is 0. The van der Waals surface area contributed by atoms with Gasteiger partial charge in [0.2, 0.25) is 0 Å². The first-order valence-corrected chi connectivity index (χ1v) is 6.10. The van der Waals surface area contributed by atoms with Gasteiger partial charge in [-0.2, -0.15) is 0 Å². The molecule has 15 heavy (non-hydrogen) atoms. The van der Waals surface area contributed by atoms with Crippen molar-refractivity contribution in [2.75, 3.05) is 0 Å². The summed E-state index contributed by atoms with van der Waals surface area (Å²) in [5, 5.41) is 9.53. The Bertz CT molecular complexity index is 221. The predicted molar refractivity (Wildman–Crippen MR) is 61.6 cm³/mol. The van der Waals surface area contributed by atoms with Crippen molar-refractivity contribution in [3.05, 3.63) is 12.2 Å². The SMILES string of the molecule is CCCCCC/C=C/[C@@H]1CC(=O)C[C@@H]1O. The van der Waals surface area contributed by atoms with Crippen molar-refractivity contribution in [1.82, 2.24) is 0 Å². The van der Waals surface area contributed by atoms with Crippen molar-refractivity contribution in [3.8, 4) is 0 Å². The summed E-state index contributed by atoms with van der Waals surface area (Å²) in [6, 6.07) is 0. The van der Waals surface area contributed by atoms with Crippen LogP contribution in [0, 0.1) is 5.92 Å². The second-order valence-electron chi connectivity index (χ2n) is 4.46. The number of Topliss-reactive ketones (excluding diaryl/α,β-unsaturated/α-hetero) is 1. The molecule has 1 N–H and O–H groups in total. The molecule has 86 valence electrons. The monoisotopic (exact) mass is 210 g/mol. The molecule has 0 aromatic carbocycles. The van der Waals surface area contributed by atoms with Crippen LogP contribution in [0.25, 0.3) is 0 Å². The number of rotatable bonds is 6. The topological polar surface area (TPSA) is 37.3 Å². The quantitative estimate of drug-likeness (QED) is 0.540. The molecule has 0 aromatic rings. The van der Waals surface area contributed by atoms with Crippen molar-refractivity contribution in [2.45, 2.75) is 58.0 Å². The van der Waals surface area contributed by atoms with Crippen molar-refractivity contribution >= 4 is 5.78 Å². The van der Waals surface area contributed by atoms with Gasteiger partial charge in [-0.25, -0.2) is 0 Å². The summed E-state index contributed by atoms with van der Waals surface area (Å²) in [6.07, 6.45) is 10.8. The normalized spacial score (nSPS) is 26.7. The zero-order valence-electron chi connectivity index (χ0n) is 9.61. The fourth-order valence-corrected chi connectivity index (χ4v) is 2.02. The zero-order valence-corrected chi connectivity index (χ0v) is 9.61. The van der Waals surface area contributed by atoms with Crippen LogP contribution in [-0.4, -0.2) is 17.0 Å². The third kappa shape index (κ3) is 4.61. The molecule has 0 spiro atoms. The Kier molecular flexibility index (Phi) is 5.62. The van der Waals surface area contributed by atoms with E-state index in [9.17, 15) is 9.90 Å². The van der Waals surface area contributed by atoms with Crippen LogP contribution in [0.5, 0.6) is 0 Å². The van der Waals surface area contributed by atoms with E-state index in [-0.39, 0.29) is 11.7 Å². The van der Waals surface area contributed by atoms with E-state index in [1.807, 2.05) is 6.08 Å². The molecule has 0 aromatic heterocycles. The van der Waals surface area contributed by atoms with Crippen molar-refractivity contribution < 1.29 is 9.90 Å². The molecular weight excluding hydrogens is 188 g/mol. The highest BCUT2D eigenvalue weighted by atomic mass is 16.3. The molecule has 2 nitrogen and oxygen atoms in total. The van der Waals surface area contributed by atoms with Crippen molar-refractivity contribution in [1.29, 1.82) is 0 Å². The maximum absolute atomic E-state index is 11.0. The average Bonchev–Trinajstić information content (AvgIpc) is 2.51. The van der Waals surface area contributed by atoms with Crippen LogP contribution >= 0.6 is 0 Å². The maximum atomic E-state index is 11.0. The molecule has 1 saturated carbocycles. The Morgan fingerprint density at radius 3 is 2.73 bits per heavy atom. The van der Waals surface area contributed by atoms with Gasteiger partial charge in [-0.1, -0.05) is 38.3 Å². The number of ketones is 1. The third-order valence-electron chi connectivity index (χ3n) is 3.00. The van der Waals surface area contributed by atoms with Gasteiger partial charge in [-0.3, -0.25) is 4.79 Å². The number of aliphatic hydroxyl groups is 1. The lowest BCUT2D eigenvalue weighted by Crippen LogP contribution is -2.09. The lowest BCUT2D eigenvalue weighted by atomic mass is 10.0. The molecule has 2 atom stereocenters. The summed E-state index contributed by atoms with van der Waals surface area (Å²) >= 11 is 0. The van der Waals surface area contributed by atoms with Crippen LogP contribution in [0.2, 0.25) is 0 Å². The second kappa shape index (κ2) is 6.78. The van der Waals surface area contributed by atoms with Crippen LogP contribution in [0.3, 0.4) is 0 Å². The first-order chi connectivity index (χ1) is 7.24. The number of aliphatic hydroxyl groups excluding tert-OH is 1. The molecule has 0 amide bonds. The minimum absolute atomic E-state index is 0.0867. The van der Waals surface area contributed by atoms with E-state index < -0.39 is 6.10 Å². The summed E-state index contributed by atoms with van der Waals surface area (Å²) in [5.74, 6) is 0.284. The molecule has 1 fully saturated rings. The van der Waals surface area contributed by atoms with Gasteiger partial charge in [0.15, 0.2) is 0 Å². The minimum Gasteiger partial charge on any atom is -0.392 e. The molecule has 0 heterocycles. The molecule has 0 saturated heterocycles. The van der Waals surface area contributed by atoms with E-state index >= 15 is 0 Å². The average molecular weight is 210 g/mol. The van der Waals surface area contributed by atoms with E-state index in [2.05, 4.69) is 13.0 Å². The van der Waals surface area contributed by atoms with E-state index in [1.54, 1.807) is 0 Å². The first-order valence-electron chi connectivity index (χ1n) is 6.10. The fourth-order valence-electron chi connectivity index (χ4n) is 2.02. The van der Waals surface area contributed by atoms with Gasteiger partial charge in [0.1, 0.15) is 5.78 Å². The molecular formula is C13H22O2. The van der Waals surface area contributed by atoms with Crippen molar-refractivity contribution in [3.63, 3.8) is 0 Å². The van der Waals surface area contributed by atoms with Gasteiger partial charge in [0, 0.05) is 18.8 Å². The Hall–Kier alpha value is -0.630. The molecule has 1 aliphatic carbocycles. The van der Waals surface area contributed by atoms with E-state index in [0.717, 1.165) is 6.42 Å². The van der Waals surface area contributed by atoms with Crippen LogP contribution < -0.4 is 0 Å². The number of carbonyl (C=O) groups excluding carboxylic acids is 1. The molecule has 0 unspecified atom stereocenters. The summed E-state index contributed by atoms with van der Waals surface area (Å²) in [5.41, 5.74) is 0. The Balaban J connectivity index is 2.12. The van der Waals surface area contributed by atoms with Crippen LogP contribution in [0.1, 0.15) is 51.9 Å². The summed E-state index contributed by atoms with van der Waals surface area (Å²) in [4.78, 5) is 11.0. The number of carbonyl (C=O) groups is 1. The largest absolute Gasteiger partial charge is 0.392 e. The summed E-state index contributed by atoms with van der Waals surface area (Å²) in [6.45, 7) is 2.20. The van der Waals surface area contributed by atoms with Crippen LogP contribution in [0.15, 0.2) is 12.2 Å². The van der Waals surface area contributed by atoms with Gasteiger partial charge >= 0.3 is 0 Å². The highest BCUT2D eigenvalue weighted by Gasteiger charge is 2.28. The first kappa shape index (κ1) is 12.4. The molecule has 1 aliphatic rings. The number of allylic oxidation sites excluding steroid dienone is 1. The zero-order chi connectivity index (χ0) is 11.1. The Morgan fingerprint density at radius 1 is 1.33 bits per heavy atom. The number of hydrogen-bond acceptors (Lipinski definition) is 2. The maximum Gasteiger partial charge on any atom is 0.136 e. The lowest BCUT2D eigenvalue weighted by Gasteiger charge is -2.06. The van der Waals surface area contributed by atoms with Gasteiger partial charge in [-0.05, 0) is 12.8 Å². The van der Waals surface area contributed by atoms with Gasteiger partial charge in [-0.15, -0.1) is 0 Å². The Labute approximate surface area is 92.4 Å². The molecule has 0 bridgehead atoms. The minimum atomic E-state index is -0.426. The third-order valence-corrected chi connectivity index (χ3v) is 3.00. The number of unbranched alkanes of at least 4 members (excludes halogenated alkanes) is 4. The molecule has 0 aliphatic heterocycles. The predicted octanol–water partition coefficient (Wildman–Crippen LogP) is 2.85. The van der Waals surface area contributed by atoms with Gasteiger partial charge in [0.25, 0.3) is 0 Å². The molecule has 2 heteroatoms. The van der Waals surface area contributed by atoms with E-state index in [0.29, 0.717) is 12.8 Å². The molecule has 1 rings (SSSR count). The summed E-state index contributed by atoms with van der Waals surface area (Å²) in [7, 11) is 0. The highest BCUT2D eigenvalue weighted by Crippen LogP contribution is 2.24. The highest BCUT2D eigenvalue weighted by molar-refractivity contribution is 5.81. The Morgan fingerprint density at radius 2 is 2.13 bits per heavy atom.